The maximum absolute atomic E-state index is 11.4. The minimum absolute atomic E-state index is 0.0805. The Bertz CT molecular complexity index is 425. The van der Waals surface area contributed by atoms with Crippen molar-refractivity contribution in [2.24, 2.45) is 0 Å². The molecule has 0 bridgehead atoms. The van der Waals surface area contributed by atoms with Crippen molar-refractivity contribution < 1.29 is 8.42 Å². The number of benzene rings is 1. The van der Waals surface area contributed by atoms with Crippen LogP contribution in [-0.4, -0.2) is 14.2 Å². The molecule has 1 aromatic rings. The largest absolute Gasteiger partial charge is 0.283 e. The molecule has 0 amide bonds. The van der Waals surface area contributed by atoms with E-state index < -0.39 is 10.0 Å². The van der Waals surface area contributed by atoms with Gasteiger partial charge < -0.3 is 0 Å². The molecule has 84 valence electrons. The van der Waals surface area contributed by atoms with E-state index in [1.165, 1.54) is 12.1 Å². The van der Waals surface area contributed by atoms with Crippen LogP contribution in [0, 0.1) is 0 Å². The van der Waals surface area contributed by atoms with Crippen molar-refractivity contribution in [2.45, 2.75) is 13.3 Å². The summed E-state index contributed by atoms with van der Waals surface area (Å²) < 4.78 is 25.3. The summed E-state index contributed by atoms with van der Waals surface area (Å²) in [6, 6.07) is 4.57. The first-order chi connectivity index (χ1) is 6.93. The van der Waals surface area contributed by atoms with E-state index in [9.17, 15) is 8.42 Å². The van der Waals surface area contributed by atoms with Crippen molar-refractivity contribution in [1.82, 2.24) is 0 Å². The molecule has 0 saturated heterocycles. The number of rotatable bonds is 4. The van der Waals surface area contributed by atoms with Crippen molar-refractivity contribution in [1.29, 1.82) is 0 Å². The fourth-order valence-corrected chi connectivity index (χ4v) is 2.75. The highest BCUT2D eigenvalue weighted by atomic mass is 35.5. The number of nitrogens with one attached hydrogen (secondary N) is 1. The monoisotopic (exact) mass is 267 g/mol. The molecular formula is C9H11Cl2NO2S. The lowest BCUT2D eigenvalue weighted by atomic mass is 10.3. The van der Waals surface area contributed by atoms with Crippen LogP contribution in [0.5, 0.6) is 0 Å². The van der Waals surface area contributed by atoms with Crippen molar-refractivity contribution in [3.63, 3.8) is 0 Å². The molecule has 1 aromatic carbocycles. The second-order valence-corrected chi connectivity index (χ2v) is 5.79. The van der Waals surface area contributed by atoms with Gasteiger partial charge in [0.2, 0.25) is 10.0 Å². The maximum atomic E-state index is 11.4. The minimum Gasteiger partial charge on any atom is -0.283 e. The third kappa shape index (κ3) is 4.28. The van der Waals surface area contributed by atoms with Gasteiger partial charge in [-0.2, -0.15) is 0 Å². The maximum Gasteiger partial charge on any atom is 0.232 e. The number of anilines is 1. The molecule has 0 aliphatic rings. The van der Waals surface area contributed by atoms with E-state index in [0.29, 0.717) is 22.2 Å². The Morgan fingerprint density at radius 1 is 1.20 bits per heavy atom. The Hall–Kier alpha value is -0.450. The highest BCUT2D eigenvalue weighted by Crippen LogP contribution is 2.23. The summed E-state index contributed by atoms with van der Waals surface area (Å²) in [5.74, 6) is 0.0805. The second-order valence-electron chi connectivity index (χ2n) is 3.08. The first-order valence-corrected chi connectivity index (χ1v) is 6.80. The van der Waals surface area contributed by atoms with E-state index in [1.54, 1.807) is 13.0 Å². The standard InChI is InChI=1S/C9H11Cl2NO2S/c1-2-3-15(13,14)12-9-5-7(10)4-8(11)6-9/h4-6,12H,2-3H2,1H3. The zero-order chi connectivity index (χ0) is 11.5. The zero-order valence-electron chi connectivity index (χ0n) is 8.13. The molecule has 0 aromatic heterocycles. The molecule has 3 nitrogen and oxygen atoms in total. The van der Waals surface area contributed by atoms with Gasteiger partial charge in [0.15, 0.2) is 0 Å². The van der Waals surface area contributed by atoms with Crippen LogP contribution < -0.4 is 4.72 Å². The molecule has 1 N–H and O–H groups in total. The van der Waals surface area contributed by atoms with E-state index in [-0.39, 0.29) is 5.75 Å². The zero-order valence-corrected chi connectivity index (χ0v) is 10.5. The average Bonchev–Trinajstić information content (AvgIpc) is 1.99. The van der Waals surface area contributed by atoms with Crippen molar-refractivity contribution >= 4 is 38.9 Å². The molecule has 6 heteroatoms. The van der Waals surface area contributed by atoms with E-state index in [4.69, 9.17) is 23.2 Å². The van der Waals surface area contributed by atoms with Gasteiger partial charge in [-0.05, 0) is 24.6 Å². The van der Waals surface area contributed by atoms with Crippen molar-refractivity contribution in [3.05, 3.63) is 28.2 Å². The van der Waals surface area contributed by atoms with Crippen LogP contribution in [-0.2, 0) is 10.0 Å². The lowest BCUT2D eigenvalue weighted by Gasteiger charge is -2.07. The first-order valence-electron chi connectivity index (χ1n) is 4.39. The molecule has 0 aliphatic heterocycles. The molecule has 0 spiro atoms. The predicted molar refractivity (Wildman–Crippen MR) is 64.2 cm³/mol. The normalized spacial score (nSPS) is 11.4. The van der Waals surface area contributed by atoms with Crippen LogP contribution >= 0.6 is 23.2 Å². The Balaban J connectivity index is 2.90. The molecular weight excluding hydrogens is 257 g/mol. The fraction of sp³-hybridized carbons (Fsp3) is 0.333. The number of hydrogen-bond donors (Lipinski definition) is 1. The Morgan fingerprint density at radius 3 is 2.20 bits per heavy atom. The summed E-state index contributed by atoms with van der Waals surface area (Å²) in [6.45, 7) is 1.80. The molecule has 0 heterocycles. The number of sulfonamides is 1. The Morgan fingerprint density at radius 2 is 1.73 bits per heavy atom. The predicted octanol–water partition coefficient (Wildman–Crippen LogP) is 3.15. The van der Waals surface area contributed by atoms with Crippen molar-refractivity contribution in [3.8, 4) is 0 Å². The molecule has 0 aliphatic carbocycles. The Labute approximate surface area is 99.4 Å². The average molecular weight is 268 g/mol. The van der Waals surface area contributed by atoms with E-state index in [2.05, 4.69) is 4.72 Å². The van der Waals surface area contributed by atoms with Crippen LogP contribution in [0.1, 0.15) is 13.3 Å². The van der Waals surface area contributed by atoms with Crippen LogP contribution in [0.15, 0.2) is 18.2 Å². The molecule has 15 heavy (non-hydrogen) atoms. The van der Waals surface area contributed by atoms with Crippen molar-refractivity contribution in [2.75, 3.05) is 10.5 Å². The number of hydrogen-bond acceptors (Lipinski definition) is 2. The number of halogens is 2. The van der Waals surface area contributed by atoms with Crippen LogP contribution in [0.4, 0.5) is 5.69 Å². The van der Waals surface area contributed by atoms with Gasteiger partial charge in [0.25, 0.3) is 0 Å². The first kappa shape index (κ1) is 12.6. The van der Waals surface area contributed by atoms with Gasteiger partial charge in [-0.15, -0.1) is 0 Å². The van der Waals surface area contributed by atoms with Gasteiger partial charge in [0.05, 0.1) is 11.4 Å². The Kier molecular flexibility index (Phi) is 4.25. The summed E-state index contributed by atoms with van der Waals surface area (Å²) in [5, 5.41) is 0.799. The third-order valence-electron chi connectivity index (χ3n) is 1.61. The molecule has 0 fully saturated rings. The fourth-order valence-electron chi connectivity index (χ4n) is 1.11. The smallest absolute Gasteiger partial charge is 0.232 e. The van der Waals surface area contributed by atoms with E-state index in [1.807, 2.05) is 0 Å². The third-order valence-corrected chi connectivity index (χ3v) is 3.54. The topological polar surface area (TPSA) is 46.2 Å². The summed E-state index contributed by atoms with van der Waals surface area (Å²) >= 11 is 11.5. The van der Waals surface area contributed by atoms with Crippen LogP contribution in [0.3, 0.4) is 0 Å². The summed E-state index contributed by atoms with van der Waals surface area (Å²) in [6.07, 6.45) is 0.559. The highest BCUT2D eigenvalue weighted by molar-refractivity contribution is 7.92. The second kappa shape index (κ2) is 5.05. The molecule has 0 saturated carbocycles. The minimum atomic E-state index is -3.29. The van der Waals surface area contributed by atoms with Gasteiger partial charge in [0, 0.05) is 10.0 Å². The summed E-state index contributed by atoms with van der Waals surface area (Å²) in [7, 11) is -3.29. The molecule has 0 atom stereocenters. The van der Waals surface area contributed by atoms with E-state index >= 15 is 0 Å². The summed E-state index contributed by atoms with van der Waals surface area (Å²) in [5.41, 5.74) is 0.390. The van der Waals surface area contributed by atoms with Gasteiger partial charge in [0.1, 0.15) is 0 Å². The van der Waals surface area contributed by atoms with Gasteiger partial charge in [-0.25, -0.2) is 8.42 Å². The quantitative estimate of drug-likeness (QED) is 0.911. The van der Waals surface area contributed by atoms with Gasteiger partial charge in [-0.1, -0.05) is 30.1 Å². The lowest BCUT2D eigenvalue weighted by Crippen LogP contribution is -2.15. The lowest BCUT2D eigenvalue weighted by molar-refractivity contribution is 0.600. The van der Waals surface area contributed by atoms with E-state index in [0.717, 1.165) is 0 Å². The van der Waals surface area contributed by atoms with Gasteiger partial charge >= 0.3 is 0 Å². The van der Waals surface area contributed by atoms with Gasteiger partial charge in [-0.3, -0.25) is 4.72 Å². The SMILES string of the molecule is CCCS(=O)(=O)Nc1cc(Cl)cc(Cl)c1. The van der Waals surface area contributed by atoms with Crippen LogP contribution in [0.2, 0.25) is 10.0 Å². The summed E-state index contributed by atoms with van der Waals surface area (Å²) in [4.78, 5) is 0. The highest BCUT2D eigenvalue weighted by Gasteiger charge is 2.09. The molecule has 0 unspecified atom stereocenters. The van der Waals surface area contributed by atoms with Crippen LogP contribution in [0.25, 0.3) is 0 Å². The molecule has 1 rings (SSSR count). The molecule has 0 radical (unpaired) electrons.